The molecule has 2 unspecified atom stereocenters. The van der Waals surface area contributed by atoms with Crippen molar-refractivity contribution in [3.63, 3.8) is 0 Å². The summed E-state index contributed by atoms with van der Waals surface area (Å²) in [7, 11) is 3.84. The fourth-order valence-corrected chi connectivity index (χ4v) is 4.79. The van der Waals surface area contributed by atoms with Gasteiger partial charge in [-0.05, 0) is 37.3 Å². The van der Waals surface area contributed by atoms with Crippen molar-refractivity contribution in [1.82, 2.24) is 24.9 Å². The van der Waals surface area contributed by atoms with Crippen LogP contribution < -0.4 is 5.32 Å². The second kappa shape index (κ2) is 8.78. The van der Waals surface area contributed by atoms with E-state index in [2.05, 4.69) is 61.7 Å². The summed E-state index contributed by atoms with van der Waals surface area (Å²) in [5.41, 5.74) is 2.62. The van der Waals surface area contributed by atoms with E-state index in [1.807, 2.05) is 25.0 Å². The molecule has 1 aromatic carbocycles. The molecule has 0 amide bonds. The molecule has 0 bridgehead atoms. The average Bonchev–Trinajstić information content (AvgIpc) is 3.14. The van der Waals surface area contributed by atoms with Gasteiger partial charge >= 0.3 is 0 Å². The van der Waals surface area contributed by atoms with Crippen LogP contribution in [0.3, 0.4) is 0 Å². The molecular weight excluding hydrogens is 348 g/mol. The zero-order valence-electron chi connectivity index (χ0n) is 17.1. The number of nitrogens with one attached hydrogen (secondary N) is 1. The Morgan fingerprint density at radius 1 is 1.18 bits per heavy atom. The van der Waals surface area contributed by atoms with Gasteiger partial charge < -0.3 is 10.2 Å². The van der Waals surface area contributed by atoms with Crippen molar-refractivity contribution >= 4 is 5.96 Å². The molecule has 6 nitrogen and oxygen atoms in total. The summed E-state index contributed by atoms with van der Waals surface area (Å²) < 4.78 is 1.84. The Hall–Kier alpha value is -2.34. The molecule has 2 aliphatic heterocycles. The number of aliphatic imine (C=N–C) groups is 1. The predicted octanol–water partition coefficient (Wildman–Crippen LogP) is 2.48. The topological polar surface area (TPSA) is 48.7 Å². The van der Waals surface area contributed by atoms with Crippen molar-refractivity contribution < 1.29 is 0 Å². The van der Waals surface area contributed by atoms with Crippen LogP contribution in [0.4, 0.5) is 0 Å². The van der Waals surface area contributed by atoms with Crippen LogP contribution in [0, 0.1) is 5.92 Å². The first kappa shape index (κ1) is 19.0. The van der Waals surface area contributed by atoms with E-state index in [0.29, 0.717) is 6.04 Å². The van der Waals surface area contributed by atoms with E-state index < -0.39 is 0 Å². The fourth-order valence-electron chi connectivity index (χ4n) is 4.79. The van der Waals surface area contributed by atoms with Gasteiger partial charge in [0.1, 0.15) is 0 Å². The number of benzene rings is 1. The van der Waals surface area contributed by atoms with Crippen LogP contribution in [-0.2, 0) is 20.1 Å². The number of hydrogen-bond donors (Lipinski definition) is 1. The van der Waals surface area contributed by atoms with Gasteiger partial charge in [-0.3, -0.25) is 14.6 Å². The van der Waals surface area contributed by atoms with E-state index >= 15 is 0 Å². The Morgan fingerprint density at radius 2 is 2.04 bits per heavy atom. The zero-order valence-corrected chi connectivity index (χ0v) is 17.1. The quantitative estimate of drug-likeness (QED) is 0.654. The molecule has 3 heterocycles. The molecule has 2 aromatic rings. The molecule has 0 aliphatic carbocycles. The van der Waals surface area contributed by atoms with Crippen molar-refractivity contribution in [2.24, 2.45) is 18.0 Å². The molecule has 1 N–H and O–H groups in total. The smallest absolute Gasteiger partial charge is 0.193 e. The lowest BCUT2D eigenvalue weighted by Gasteiger charge is -2.48. The maximum absolute atomic E-state index is 4.55. The highest BCUT2D eigenvalue weighted by Crippen LogP contribution is 2.31. The number of likely N-dealkylation sites (tertiary alicyclic amines) is 2. The van der Waals surface area contributed by atoms with Gasteiger partial charge in [-0.15, -0.1) is 0 Å². The van der Waals surface area contributed by atoms with Gasteiger partial charge in [-0.1, -0.05) is 30.3 Å². The Balaban J connectivity index is 1.35. The summed E-state index contributed by atoms with van der Waals surface area (Å²) in [5, 5.41) is 7.77. The van der Waals surface area contributed by atoms with Crippen LogP contribution in [0.1, 0.15) is 30.4 Å². The first-order valence-electron chi connectivity index (χ1n) is 10.4. The number of nitrogens with zero attached hydrogens (tertiary/aromatic N) is 5. The van der Waals surface area contributed by atoms with Gasteiger partial charge in [0.25, 0.3) is 0 Å². The minimum atomic E-state index is 0.696. The number of guanidine groups is 1. The number of fused-ring (bicyclic) bond motifs is 1. The van der Waals surface area contributed by atoms with E-state index in [4.69, 9.17) is 0 Å². The minimum absolute atomic E-state index is 0.696. The molecule has 0 spiro atoms. The summed E-state index contributed by atoms with van der Waals surface area (Å²) >= 11 is 0. The number of aromatic nitrogens is 2. The van der Waals surface area contributed by atoms with Gasteiger partial charge in [-0.2, -0.15) is 5.10 Å². The van der Waals surface area contributed by atoms with Crippen LogP contribution >= 0.6 is 0 Å². The molecule has 2 aliphatic rings. The number of rotatable bonds is 4. The SMILES string of the molecule is CN=C(NCc1cnn(C)c1)N1CCC2C(CCCN2Cc2ccccc2)C1. The highest BCUT2D eigenvalue weighted by molar-refractivity contribution is 5.80. The van der Waals surface area contributed by atoms with E-state index in [9.17, 15) is 0 Å². The second-order valence-electron chi connectivity index (χ2n) is 8.08. The van der Waals surface area contributed by atoms with Crippen LogP contribution in [0.15, 0.2) is 47.7 Å². The molecule has 2 saturated heterocycles. The van der Waals surface area contributed by atoms with Crippen molar-refractivity contribution in [1.29, 1.82) is 0 Å². The van der Waals surface area contributed by atoms with Crippen molar-refractivity contribution in [2.45, 2.75) is 38.4 Å². The van der Waals surface area contributed by atoms with Gasteiger partial charge in [0.2, 0.25) is 0 Å². The molecule has 0 saturated carbocycles. The van der Waals surface area contributed by atoms with Crippen LogP contribution in [-0.4, -0.2) is 58.3 Å². The molecule has 150 valence electrons. The standard InChI is InChI=1S/C22H32N6/c1-23-22(24-13-19-14-25-26(2)15-19)28-12-10-21-20(17-28)9-6-11-27(21)16-18-7-4-3-5-8-18/h3-5,7-8,14-15,20-21H,6,9-13,16-17H2,1-2H3,(H,23,24). The summed E-state index contributed by atoms with van der Waals surface area (Å²) in [6.45, 7) is 5.24. The van der Waals surface area contributed by atoms with E-state index in [-0.39, 0.29) is 0 Å². The maximum Gasteiger partial charge on any atom is 0.193 e. The molecule has 28 heavy (non-hydrogen) atoms. The van der Waals surface area contributed by atoms with Crippen molar-refractivity contribution in [2.75, 3.05) is 26.7 Å². The molecule has 2 fully saturated rings. The normalized spacial score (nSPS) is 23.5. The Bertz CT molecular complexity index is 783. The minimum Gasteiger partial charge on any atom is -0.352 e. The van der Waals surface area contributed by atoms with Crippen LogP contribution in [0.25, 0.3) is 0 Å². The lowest BCUT2D eigenvalue weighted by atomic mass is 9.83. The van der Waals surface area contributed by atoms with Crippen LogP contribution in [0.2, 0.25) is 0 Å². The number of hydrogen-bond acceptors (Lipinski definition) is 3. The van der Waals surface area contributed by atoms with Gasteiger partial charge in [-0.25, -0.2) is 0 Å². The van der Waals surface area contributed by atoms with E-state index in [1.54, 1.807) is 0 Å². The highest BCUT2D eigenvalue weighted by atomic mass is 15.3. The van der Waals surface area contributed by atoms with Crippen LogP contribution in [0.5, 0.6) is 0 Å². The van der Waals surface area contributed by atoms with Crippen molar-refractivity contribution in [3.8, 4) is 0 Å². The third kappa shape index (κ3) is 4.38. The van der Waals surface area contributed by atoms with Gasteiger partial charge in [0.15, 0.2) is 5.96 Å². The Labute approximate surface area is 168 Å². The molecular formula is C22H32N6. The molecule has 1 aromatic heterocycles. The second-order valence-corrected chi connectivity index (χ2v) is 8.08. The van der Waals surface area contributed by atoms with Gasteiger partial charge in [0, 0.05) is 58.1 Å². The molecule has 6 heteroatoms. The van der Waals surface area contributed by atoms with E-state index in [1.165, 1.54) is 36.9 Å². The summed E-state index contributed by atoms with van der Waals surface area (Å²) in [6.07, 6.45) is 7.80. The average molecular weight is 381 g/mol. The summed E-state index contributed by atoms with van der Waals surface area (Å²) in [5.74, 6) is 1.74. The third-order valence-electron chi connectivity index (χ3n) is 6.13. The van der Waals surface area contributed by atoms with E-state index in [0.717, 1.165) is 38.1 Å². The summed E-state index contributed by atoms with van der Waals surface area (Å²) in [6, 6.07) is 11.6. The first-order valence-corrected chi connectivity index (χ1v) is 10.4. The lowest BCUT2D eigenvalue weighted by Crippen LogP contribution is -2.56. The zero-order chi connectivity index (χ0) is 19.3. The lowest BCUT2D eigenvalue weighted by molar-refractivity contribution is 0.0372. The third-order valence-corrected chi connectivity index (χ3v) is 6.13. The number of aryl methyl sites for hydroxylation is 1. The Kier molecular flexibility index (Phi) is 5.95. The first-order chi connectivity index (χ1) is 13.7. The summed E-state index contributed by atoms with van der Waals surface area (Å²) in [4.78, 5) is 9.71. The molecule has 4 rings (SSSR count). The number of piperidine rings is 2. The van der Waals surface area contributed by atoms with Gasteiger partial charge in [0.05, 0.1) is 6.20 Å². The Morgan fingerprint density at radius 3 is 2.79 bits per heavy atom. The monoisotopic (exact) mass is 380 g/mol. The maximum atomic E-state index is 4.55. The highest BCUT2D eigenvalue weighted by Gasteiger charge is 2.36. The fraction of sp³-hybridized carbons (Fsp3) is 0.545. The molecule has 0 radical (unpaired) electrons. The van der Waals surface area contributed by atoms with Crippen molar-refractivity contribution in [3.05, 3.63) is 53.9 Å². The molecule has 2 atom stereocenters. The predicted molar refractivity (Wildman–Crippen MR) is 113 cm³/mol. The largest absolute Gasteiger partial charge is 0.352 e.